The highest BCUT2D eigenvalue weighted by molar-refractivity contribution is 7.89. The zero-order chi connectivity index (χ0) is 15.5. The Kier molecular flexibility index (Phi) is 5.43. The Labute approximate surface area is 126 Å². The van der Waals surface area contributed by atoms with Crippen molar-refractivity contribution in [2.24, 2.45) is 0 Å². The van der Waals surface area contributed by atoms with Crippen molar-refractivity contribution in [3.8, 4) is 0 Å². The molecule has 1 unspecified atom stereocenters. The molecule has 0 aromatic carbocycles. The lowest BCUT2D eigenvalue weighted by Crippen LogP contribution is -2.35. The largest absolute Gasteiger partial charge is 0.383 e. The minimum absolute atomic E-state index is 0.249. The number of ether oxygens (including phenoxy) is 1. The van der Waals surface area contributed by atoms with Crippen LogP contribution in [0.1, 0.15) is 38.4 Å². The lowest BCUT2D eigenvalue weighted by molar-refractivity contribution is 0.180. The average molecular weight is 315 g/mol. The molecule has 1 fully saturated rings. The fourth-order valence-electron chi connectivity index (χ4n) is 2.35. The zero-order valence-corrected chi connectivity index (χ0v) is 13.7. The summed E-state index contributed by atoms with van der Waals surface area (Å²) in [6.07, 6.45) is 4.01. The van der Waals surface area contributed by atoms with Gasteiger partial charge in [-0.2, -0.15) is 0 Å². The van der Waals surface area contributed by atoms with E-state index in [1.54, 1.807) is 26.3 Å². The smallest absolute Gasteiger partial charge is 0.242 e. The van der Waals surface area contributed by atoms with E-state index in [-0.39, 0.29) is 6.04 Å². The topological polar surface area (TPSA) is 72.4 Å². The van der Waals surface area contributed by atoms with Crippen LogP contribution in [0.25, 0.3) is 0 Å². The summed E-state index contributed by atoms with van der Waals surface area (Å²) < 4.78 is 34.5. The van der Waals surface area contributed by atoms with Gasteiger partial charge in [-0.25, -0.2) is 13.1 Å². The molecule has 1 aromatic heterocycles. The summed E-state index contributed by atoms with van der Waals surface area (Å²) in [5, 5.41) is 3.26. The van der Waals surface area contributed by atoms with Crippen LogP contribution in [0, 0.1) is 0 Å². The number of nitrogens with one attached hydrogen (secondary N) is 2. The molecule has 2 rings (SSSR count). The third-order valence-electron chi connectivity index (χ3n) is 3.49. The normalized spacial score (nSPS) is 17.1. The Morgan fingerprint density at radius 2 is 2.19 bits per heavy atom. The predicted octanol–water partition coefficient (Wildman–Crippen LogP) is 1.25. The van der Waals surface area contributed by atoms with Gasteiger partial charge in [-0.3, -0.25) is 0 Å². The fourth-order valence-corrected chi connectivity index (χ4v) is 3.63. The van der Waals surface area contributed by atoms with Crippen molar-refractivity contribution < 1.29 is 13.2 Å². The number of nitrogens with zero attached hydrogens (tertiary/aromatic N) is 1. The number of hydrogen-bond acceptors (Lipinski definition) is 4. The van der Waals surface area contributed by atoms with E-state index < -0.39 is 10.0 Å². The summed E-state index contributed by atoms with van der Waals surface area (Å²) in [7, 11) is -1.93. The molecule has 1 aromatic rings. The minimum Gasteiger partial charge on any atom is -0.383 e. The summed E-state index contributed by atoms with van der Waals surface area (Å²) in [6, 6.07) is 1.98. The van der Waals surface area contributed by atoms with E-state index in [1.807, 2.05) is 6.92 Å². The summed E-state index contributed by atoms with van der Waals surface area (Å²) in [5.41, 5.74) is 1.03. The van der Waals surface area contributed by atoms with Gasteiger partial charge in [0.25, 0.3) is 0 Å². The van der Waals surface area contributed by atoms with Crippen molar-refractivity contribution in [2.45, 2.75) is 50.2 Å². The SMILES string of the molecule is CCNCc1cc(S(=O)(=O)NC(C)COC)cn1C1CC1. The van der Waals surface area contributed by atoms with Gasteiger partial charge in [-0.05, 0) is 32.4 Å². The first kappa shape index (κ1) is 16.5. The van der Waals surface area contributed by atoms with Gasteiger partial charge in [0.2, 0.25) is 10.0 Å². The molecule has 0 bridgehead atoms. The standard InChI is InChI=1S/C14H25N3O3S/c1-4-15-8-13-7-14(9-17(13)12-5-6-12)21(18,19)16-11(2)10-20-3/h7,9,11-12,15-16H,4-6,8,10H2,1-3H3. The van der Waals surface area contributed by atoms with E-state index in [9.17, 15) is 8.42 Å². The summed E-state index contributed by atoms with van der Waals surface area (Å²) in [6.45, 7) is 5.73. The van der Waals surface area contributed by atoms with Gasteiger partial charge in [0.1, 0.15) is 0 Å². The summed E-state index contributed by atoms with van der Waals surface area (Å²) in [4.78, 5) is 0.338. The van der Waals surface area contributed by atoms with Crippen molar-refractivity contribution in [2.75, 3.05) is 20.3 Å². The van der Waals surface area contributed by atoms with Crippen LogP contribution in [0.3, 0.4) is 0 Å². The van der Waals surface area contributed by atoms with Crippen LogP contribution in [0.2, 0.25) is 0 Å². The monoisotopic (exact) mass is 315 g/mol. The van der Waals surface area contributed by atoms with Crippen LogP contribution in [0.4, 0.5) is 0 Å². The lowest BCUT2D eigenvalue weighted by atomic mass is 10.4. The van der Waals surface area contributed by atoms with Crippen LogP contribution in [0.15, 0.2) is 17.2 Å². The Balaban J connectivity index is 2.18. The first-order chi connectivity index (χ1) is 9.97. The van der Waals surface area contributed by atoms with E-state index in [1.165, 1.54) is 0 Å². The van der Waals surface area contributed by atoms with E-state index in [2.05, 4.69) is 14.6 Å². The van der Waals surface area contributed by atoms with Gasteiger partial charge < -0.3 is 14.6 Å². The molecule has 0 aliphatic heterocycles. The highest BCUT2D eigenvalue weighted by Gasteiger charge is 2.28. The van der Waals surface area contributed by atoms with Crippen LogP contribution >= 0.6 is 0 Å². The molecule has 1 saturated carbocycles. The maximum atomic E-state index is 12.4. The third-order valence-corrected chi connectivity index (χ3v) is 5.04. The number of sulfonamides is 1. The van der Waals surface area contributed by atoms with Crippen LogP contribution < -0.4 is 10.0 Å². The lowest BCUT2D eigenvalue weighted by Gasteiger charge is -2.12. The van der Waals surface area contributed by atoms with Gasteiger partial charge in [0, 0.05) is 37.6 Å². The van der Waals surface area contributed by atoms with Crippen LogP contribution in [-0.2, 0) is 21.3 Å². The predicted molar refractivity (Wildman–Crippen MR) is 81.7 cm³/mol. The van der Waals surface area contributed by atoms with E-state index in [0.717, 1.165) is 25.1 Å². The summed E-state index contributed by atoms with van der Waals surface area (Å²) in [5.74, 6) is 0. The molecule has 0 amide bonds. The van der Waals surface area contributed by atoms with E-state index >= 15 is 0 Å². The van der Waals surface area contributed by atoms with Crippen molar-refractivity contribution in [3.63, 3.8) is 0 Å². The number of aromatic nitrogens is 1. The maximum Gasteiger partial charge on any atom is 0.242 e. The molecule has 0 radical (unpaired) electrons. The second-order valence-electron chi connectivity index (χ2n) is 5.56. The van der Waals surface area contributed by atoms with Crippen molar-refractivity contribution in [1.29, 1.82) is 0 Å². The molecular formula is C14H25N3O3S. The van der Waals surface area contributed by atoms with Gasteiger partial charge in [0.15, 0.2) is 0 Å². The number of rotatable bonds is 9. The molecule has 1 aliphatic rings. The van der Waals surface area contributed by atoms with E-state index in [0.29, 0.717) is 24.1 Å². The summed E-state index contributed by atoms with van der Waals surface area (Å²) >= 11 is 0. The first-order valence-electron chi connectivity index (χ1n) is 7.40. The highest BCUT2D eigenvalue weighted by atomic mass is 32.2. The Morgan fingerprint density at radius 1 is 1.48 bits per heavy atom. The van der Waals surface area contributed by atoms with Crippen molar-refractivity contribution in [3.05, 3.63) is 18.0 Å². The van der Waals surface area contributed by atoms with Gasteiger partial charge in [-0.1, -0.05) is 6.92 Å². The molecule has 0 spiro atoms. The van der Waals surface area contributed by atoms with Gasteiger partial charge in [-0.15, -0.1) is 0 Å². The molecule has 2 N–H and O–H groups in total. The molecule has 7 heteroatoms. The number of methoxy groups -OCH3 is 1. The second-order valence-corrected chi connectivity index (χ2v) is 7.28. The minimum atomic E-state index is -3.49. The Morgan fingerprint density at radius 3 is 2.76 bits per heavy atom. The first-order valence-corrected chi connectivity index (χ1v) is 8.89. The molecule has 1 aliphatic carbocycles. The van der Waals surface area contributed by atoms with E-state index in [4.69, 9.17) is 4.74 Å². The molecule has 6 nitrogen and oxygen atoms in total. The van der Waals surface area contributed by atoms with Crippen molar-refractivity contribution >= 4 is 10.0 Å². The number of hydrogen-bond donors (Lipinski definition) is 2. The molecule has 0 saturated heterocycles. The zero-order valence-electron chi connectivity index (χ0n) is 12.9. The molecule has 120 valence electrons. The average Bonchev–Trinajstić information content (AvgIpc) is 3.15. The fraction of sp³-hybridized carbons (Fsp3) is 0.714. The van der Waals surface area contributed by atoms with Gasteiger partial charge in [0.05, 0.1) is 11.5 Å². The molecular weight excluding hydrogens is 290 g/mol. The molecule has 1 heterocycles. The van der Waals surface area contributed by atoms with Crippen LogP contribution in [0.5, 0.6) is 0 Å². The molecule has 1 atom stereocenters. The Bertz CT molecular complexity index is 564. The Hall–Kier alpha value is -0.890. The highest BCUT2D eigenvalue weighted by Crippen LogP contribution is 2.37. The van der Waals surface area contributed by atoms with Gasteiger partial charge >= 0.3 is 0 Å². The second kappa shape index (κ2) is 6.91. The quantitative estimate of drug-likeness (QED) is 0.719. The molecule has 21 heavy (non-hydrogen) atoms. The van der Waals surface area contributed by atoms with Crippen LogP contribution in [-0.4, -0.2) is 39.3 Å². The third kappa shape index (κ3) is 4.29. The van der Waals surface area contributed by atoms with Crippen molar-refractivity contribution in [1.82, 2.24) is 14.6 Å². The maximum absolute atomic E-state index is 12.4.